The third kappa shape index (κ3) is 1.53. The van der Waals surface area contributed by atoms with Crippen molar-refractivity contribution in [2.45, 2.75) is 0 Å². The summed E-state index contributed by atoms with van der Waals surface area (Å²) in [4.78, 5) is 9.09. The number of nitrogens with one attached hydrogen (secondary N) is 1. The van der Waals surface area contributed by atoms with Gasteiger partial charge in [-0.25, -0.2) is 0 Å². The molecule has 1 saturated heterocycles. The quantitative estimate of drug-likeness (QED) is 0.513. The first-order valence-electron chi connectivity index (χ1n) is 4.58. The summed E-state index contributed by atoms with van der Waals surface area (Å²) >= 11 is 0. The third-order valence-corrected chi connectivity index (χ3v) is 2.46. The summed E-state index contributed by atoms with van der Waals surface area (Å²) in [5.74, 6) is 1.11. The van der Waals surface area contributed by atoms with Crippen molar-refractivity contribution in [2.75, 3.05) is 46.3 Å². The van der Waals surface area contributed by atoms with Gasteiger partial charge in [0.05, 0.1) is 6.54 Å². The Morgan fingerprint density at radius 3 is 2.58 bits per heavy atom. The first-order valence-corrected chi connectivity index (χ1v) is 4.58. The van der Waals surface area contributed by atoms with Crippen molar-refractivity contribution in [2.24, 2.45) is 4.99 Å². The average Bonchev–Trinajstić information content (AvgIpc) is 2.58. The van der Waals surface area contributed by atoms with Gasteiger partial charge in [-0.05, 0) is 7.05 Å². The number of guanidine groups is 1. The van der Waals surface area contributed by atoms with Crippen molar-refractivity contribution in [1.29, 1.82) is 0 Å². The molecule has 1 fully saturated rings. The van der Waals surface area contributed by atoms with Crippen LogP contribution in [0.2, 0.25) is 0 Å². The van der Waals surface area contributed by atoms with Gasteiger partial charge in [-0.2, -0.15) is 0 Å². The van der Waals surface area contributed by atoms with E-state index in [9.17, 15) is 0 Å². The van der Waals surface area contributed by atoms with Gasteiger partial charge in [-0.15, -0.1) is 0 Å². The van der Waals surface area contributed by atoms with Gasteiger partial charge in [-0.3, -0.25) is 4.99 Å². The lowest BCUT2D eigenvalue weighted by Crippen LogP contribution is -2.50. The number of hydrogen-bond donors (Lipinski definition) is 1. The summed E-state index contributed by atoms with van der Waals surface area (Å²) in [7, 11) is 2.17. The number of piperazine rings is 1. The van der Waals surface area contributed by atoms with E-state index in [1.165, 1.54) is 0 Å². The molecule has 2 aliphatic heterocycles. The van der Waals surface area contributed by atoms with Crippen LogP contribution in [0.3, 0.4) is 0 Å². The maximum absolute atomic E-state index is 4.40. The molecule has 2 heterocycles. The minimum absolute atomic E-state index is 0.946. The molecule has 2 rings (SSSR count). The van der Waals surface area contributed by atoms with E-state index in [4.69, 9.17) is 0 Å². The van der Waals surface area contributed by atoms with Gasteiger partial charge in [-0.1, -0.05) is 0 Å². The van der Waals surface area contributed by atoms with Crippen molar-refractivity contribution in [3.05, 3.63) is 0 Å². The molecular formula is C8H16N4. The van der Waals surface area contributed by atoms with E-state index in [0.29, 0.717) is 0 Å². The topological polar surface area (TPSA) is 30.9 Å². The summed E-state index contributed by atoms with van der Waals surface area (Å²) in [5.41, 5.74) is 0. The van der Waals surface area contributed by atoms with Gasteiger partial charge in [0.1, 0.15) is 0 Å². The lowest BCUT2D eigenvalue weighted by atomic mass is 10.3. The first kappa shape index (κ1) is 7.86. The Kier molecular flexibility index (Phi) is 2.17. The zero-order valence-corrected chi connectivity index (χ0v) is 7.58. The lowest BCUT2D eigenvalue weighted by molar-refractivity contribution is 0.212. The van der Waals surface area contributed by atoms with Gasteiger partial charge < -0.3 is 15.1 Å². The number of aliphatic imine (C=N–C) groups is 1. The van der Waals surface area contributed by atoms with Crippen LogP contribution in [-0.2, 0) is 0 Å². The van der Waals surface area contributed by atoms with Crippen molar-refractivity contribution in [1.82, 2.24) is 15.1 Å². The maximum atomic E-state index is 4.40. The predicted octanol–water partition coefficient (Wildman–Crippen LogP) is -0.807. The van der Waals surface area contributed by atoms with Crippen molar-refractivity contribution < 1.29 is 0 Å². The highest BCUT2D eigenvalue weighted by Gasteiger charge is 2.18. The smallest absolute Gasteiger partial charge is 0.194 e. The molecule has 0 aromatic rings. The highest BCUT2D eigenvalue weighted by atomic mass is 15.4. The Morgan fingerprint density at radius 2 is 2.00 bits per heavy atom. The molecule has 0 unspecified atom stereocenters. The minimum atomic E-state index is 0.946. The second-order valence-corrected chi connectivity index (χ2v) is 3.42. The molecule has 68 valence electrons. The zero-order chi connectivity index (χ0) is 8.39. The molecule has 0 bridgehead atoms. The Morgan fingerprint density at radius 1 is 1.25 bits per heavy atom. The lowest BCUT2D eigenvalue weighted by Gasteiger charge is -2.33. The molecule has 2 aliphatic rings. The van der Waals surface area contributed by atoms with E-state index in [1.54, 1.807) is 0 Å². The zero-order valence-electron chi connectivity index (χ0n) is 7.58. The van der Waals surface area contributed by atoms with E-state index >= 15 is 0 Å². The van der Waals surface area contributed by atoms with Gasteiger partial charge in [0.15, 0.2) is 5.96 Å². The predicted molar refractivity (Wildman–Crippen MR) is 49.4 cm³/mol. The van der Waals surface area contributed by atoms with Crippen LogP contribution in [0.15, 0.2) is 4.99 Å². The van der Waals surface area contributed by atoms with E-state index < -0.39 is 0 Å². The van der Waals surface area contributed by atoms with Gasteiger partial charge in [0.25, 0.3) is 0 Å². The minimum Gasteiger partial charge on any atom is -0.354 e. The summed E-state index contributed by atoms with van der Waals surface area (Å²) in [6.07, 6.45) is 0. The molecular weight excluding hydrogens is 152 g/mol. The molecule has 0 atom stereocenters. The fraction of sp³-hybridized carbons (Fsp3) is 0.875. The summed E-state index contributed by atoms with van der Waals surface area (Å²) < 4.78 is 0. The monoisotopic (exact) mass is 168 g/mol. The molecule has 0 saturated carbocycles. The van der Waals surface area contributed by atoms with Crippen LogP contribution >= 0.6 is 0 Å². The molecule has 0 amide bonds. The van der Waals surface area contributed by atoms with Crippen LogP contribution in [0.25, 0.3) is 0 Å². The van der Waals surface area contributed by atoms with E-state index in [1.807, 2.05) is 0 Å². The molecule has 4 nitrogen and oxygen atoms in total. The van der Waals surface area contributed by atoms with Crippen LogP contribution in [0.4, 0.5) is 0 Å². The van der Waals surface area contributed by atoms with Crippen molar-refractivity contribution >= 4 is 5.96 Å². The molecule has 0 aliphatic carbocycles. The Balaban J connectivity index is 1.88. The second kappa shape index (κ2) is 3.31. The summed E-state index contributed by atoms with van der Waals surface area (Å²) in [5, 5.41) is 3.30. The molecule has 0 aromatic heterocycles. The van der Waals surface area contributed by atoms with Gasteiger partial charge in [0, 0.05) is 32.7 Å². The van der Waals surface area contributed by atoms with Crippen molar-refractivity contribution in [3.63, 3.8) is 0 Å². The first-order chi connectivity index (χ1) is 5.86. The molecule has 0 radical (unpaired) electrons. The standard InChI is InChI=1S/C8H16N4/c1-11-4-6-12(7-5-11)8-9-2-3-10-8/h2-7H2,1H3,(H,9,10). The van der Waals surface area contributed by atoms with Crippen molar-refractivity contribution in [3.8, 4) is 0 Å². The van der Waals surface area contributed by atoms with Crippen LogP contribution < -0.4 is 5.32 Å². The highest BCUT2D eigenvalue weighted by molar-refractivity contribution is 5.81. The van der Waals surface area contributed by atoms with E-state index in [0.717, 1.165) is 45.2 Å². The van der Waals surface area contributed by atoms with Crippen LogP contribution in [0, 0.1) is 0 Å². The van der Waals surface area contributed by atoms with E-state index in [2.05, 4.69) is 27.2 Å². The SMILES string of the molecule is CN1CCN(C2=NCCN2)CC1. The van der Waals surface area contributed by atoms with Crippen LogP contribution in [0.1, 0.15) is 0 Å². The Hall–Kier alpha value is -0.770. The normalized spacial score (nSPS) is 25.4. The fourth-order valence-electron chi connectivity index (χ4n) is 1.62. The average molecular weight is 168 g/mol. The summed E-state index contributed by atoms with van der Waals surface area (Å²) in [6.45, 7) is 6.50. The molecule has 4 heteroatoms. The van der Waals surface area contributed by atoms with E-state index in [-0.39, 0.29) is 0 Å². The second-order valence-electron chi connectivity index (χ2n) is 3.42. The number of likely N-dealkylation sites (N-methyl/N-ethyl adjacent to an activating group) is 1. The fourth-order valence-corrected chi connectivity index (χ4v) is 1.62. The molecule has 0 aromatic carbocycles. The number of nitrogens with zero attached hydrogens (tertiary/aromatic N) is 3. The van der Waals surface area contributed by atoms with Gasteiger partial charge >= 0.3 is 0 Å². The molecule has 1 N–H and O–H groups in total. The van der Waals surface area contributed by atoms with Crippen LogP contribution in [-0.4, -0.2) is 62.1 Å². The van der Waals surface area contributed by atoms with Gasteiger partial charge in [0.2, 0.25) is 0 Å². The Bertz CT molecular complexity index is 181. The Labute approximate surface area is 73.2 Å². The molecule has 12 heavy (non-hydrogen) atoms. The maximum Gasteiger partial charge on any atom is 0.194 e. The number of rotatable bonds is 0. The third-order valence-electron chi connectivity index (χ3n) is 2.46. The molecule has 0 spiro atoms. The summed E-state index contributed by atoms with van der Waals surface area (Å²) in [6, 6.07) is 0. The highest BCUT2D eigenvalue weighted by Crippen LogP contribution is 2.01. The van der Waals surface area contributed by atoms with Crippen LogP contribution in [0.5, 0.6) is 0 Å². The largest absolute Gasteiger partial charge is 0.354 e. The number of hydrogen-bond acceptors (Lipinski definition) is 4.